The average molecular weight is 569 g/mol. The van der Waals surface area contributed by atoms with Crippen molar-refractivity contribution in [1.82, 2.24) is 10.6 Å². The Morgan fingerprint density at radius 2 is 1.85 bits per heavy atom. The van der Waals surface area contributed by atoms with Gasteiger partial charge in [0.15, 0.2) is 5.96 Å². The van der Waals surface area contributed by atoms with Crippen LogP contribution in [0.15, 0.2) is 47.5 Å². The summed E-state index contributed by atoms with van der Waals surface area (Å²) in [6.45, 7) is 8.18. The van der Waals surface area contributed by atoms with Crippen molar-refractivity contribution in [2.24, 2.45) is 10.9 Å². The molecule has 0 saturated heterocycles. The van der Waals surface area contributed by atoms with Crippen molar-refractivity contribution in [3.63, 3.8) is 0 Å². The quantitative estimate of drug-likeness (QED) is 0.161. The fraction of sp³-hybridized carbons (Fsp3) is 0.440. The van der Waals surface area contributed by atoms with Gasteiger partial charge in [-0.15, -0.1) is 24.0 Å². The van der Waals surface area contributed by atoms with Crippen molar-refractivity contribution in [2.75, 3.05) is 32.7 Å². The molecule has 0 aliphatic rings. The molecule has 2 rings (SSSR count). The molecule has 0 radical (unpaired) electrons. The Balaban J connectivity index is 0.00000544. The first-order valence-electron chi connectivity index (χ1n) is 11.0. The molecule has 33 heavy (non-hydrogen) atoms. The highest BCUT2D eigenvalue weighted by Crippen LogP contribution is 2.20. The minimum Gasteiger partial charge on any atom is -0.491 e. The zero-order chi connectivity index (χ0) is 23.3. The number of ether oxygens (including phenoxy) is 2. The first-order chi connectivity index (χ1) is 15.5. The Labute approximate surface area is 214 Å². The molecule has 1 unspecified atom stereocenters. The zero-order valence-corrected chi connectivity index (χ0v) is 22.6. The number of amides is 1. The van der Waals surface area contributed by atoms with Crippen LogP contribution in [-0.4, -0.2) is 39.2 Å². The Hall–Kier alpha value is -2.33. The van der Waals surface area contributed by atoms with Gasteiger partial charge >= 0.3 is 0 Å². The summed E-state index contributed by atoms with van der Waals surface area (Å²) in [6, 6.07) is 14.0. The summed E-state index contributed by atoms with van der Waals surface area (Å²) in [7, 11) is 3.40. The fourth-order valence-corrected chi connectivity index (χ4v) is 2.97. The van der Waals surface area contributed by atoms with E-state index in [1.165, 1.54) is 0 Å². The lowest BCUT2D eigenvalue weighted by Gasteiger charge is -2.16. The molecule has 0 spiro atoms. The first-order valence-corrected chi connectivity index (χ1v) is 11.0. The van der Waals surface area contributed by atoms with Gasteiger partial charge in [0, 0.05) is 44.4 Å². The van der Waals surface area contributed by atoms with E-state index in [0.717, 1.165) is 34.5 Å². The SMILES string of the molecule is CCC(C)C(=O)Nc1cccc(CNC(=NC)NCc2ccc(C)cc2OCCOC)c1.I. The number of methoxy groups -OCH3 is 1. The number of halogens is 1. The van der Waals surface area contributed by atoms with Gasteiger partial charge in [-0.2, -0.15) is 0 Å². The van der Waals surface area contributed by atoms with E-state index in [0.29, 0.717) is 32.3 Å². The predicted molar refractivity (Wildman–Crippen MR) is 146 cm³/mol. The number of aliphatic imine (C=N–C) groups is 1. The summed E-state index contributed by atoms with van der Waals surface area (Å²) >= 11 is 0. The van der Waals surface area contributed by atoms with Crippen LogP contribution in [0.1, 0.15) is 37.0 Å². The van der Waals surface area contributed by atoms with Crippen molar-refractivity contribution >= 4 is 41.5 Å². The number of nitrogens with zero attached hydrogens (tertiary/aromatic N) is 1. The van der Waals surface area contributed by atoms with Crippen molar-refractivity contribution in [3.8, 4) is 5.75 Å². The molecule has 3 N–H and O–H groups in total. The molecule has 0 saturated carbocycles. The molecule has 0 fully saturated rings. The predicted octanol–water partition coefficient (Wildman–Crippen LogP) is 4.49. The molecule has 0 bridgehead atoms. The summed E-state index contributed by atoms with van der Waals surface area (Å²) in [5.41, 5.74) is 4.04. The van der Waals surface area contributed by atoms with Crippen LogP contribution in [0.5, 0.6) is 5.75 Å². The number of carbonyl (C=O) groups is 1. The van der Waals surface area contributed by atoms with Crippen molar-refractivity contribution in [3.05, 3.63) is 59.2 Å². The fourth-order valence-electron chi connectivity index (χ4n) is 2.97. The summed E-state index contributed by atoms with van der Waals surface area (Å²) in [4.78, 5) is 16.5. The molecular formula is C25H37IN4O3. The van der Waals surface area contributed by atoms with Crippen LogP contribution in [0.25, 0.3) is 0 Å². The lowest BCUT2D eigenvalue weighted by Crippen LogP contribution is -2.36. The number of carbonyl (C=O) groups excluding carboxylic acids is 1. The minimum atomic E-state index is -0.00930. The van der Waals surface area contributed by atoms with Crippen LogP contribution in [0.3, 0.4) is 0 Å². The Morgan fingerprint density at radius 3 is 2.55 bits per heavy atom. The zero-order valence-electron chi connectivity index (χ0n) is 20.2. The third-order valence-corrected chi connectivity index (χ3v) is 5.15. The van der Waals surface area contributed by atoms with Gasteiger partial charge in [0.05, 0.1) is 6.61 Å². The molecule has 1 amide bonds. The summed E-state index contributed by atoms with van der Waals surface area (Å²) in [6.07, 6.45) is 0.815. The Kier molecular flexibility index (Phi) is 13.5. The molecule has 0 aromatic heterocycles. The van der Waals surface area contributed by atoms with Gasteiger partial charge in [-0.05, 0) is 42.7 Å². The number of benzene rings is 2. The van der Waals surface area contributed by atoms with Crippen LogP contribution in [-0.2, 0) is 22.6 Å². The van der Waals surface area contributed by atoms with Crippen molar-refractivity contribution in [1.29, 1.82) is 0 Å². The average Bonchev–Trinajstić information content (AvgIpc) is 2.80. The van der Waals surface area contributed by atoms with Gasteiger partial charge in [-0.1, -0.05) is 38.1 Å². The number of aryl methyl sites for hydroxylation is 1. The second-order valence-corrected chi connectivity index (χ2v) is 7.73. The van der Waals surface area contributed by atoms with Gasteiger partial charge in [0.2, 0.25) is 5.91 Å². The van der Waals surface area contributed by atoms with Crippen LogP contribution >= 0.6 is 24.0 Å². The monoisotopic (exact) mass is 568 g/mol. The van der Waals surface area contributed by atoms with E-state index in [1.807, 2.05) is 51.1 Å². The minimum absolute atomic E-state index is 0. The number of hydrogen-bond acceptors (Lipinski definition) is 4. The summed E-state index contributed by atoms with van der Waals surface area (Å²) < 4.78 is 10.9. The van der Waals surface area contributed by atoms with Crippen LogP contribution in [0.4, 0.5) is 5.69 Å². The smallest absolute Gasteiger partial charge is 0.227 e. The van der Waals surface area contributed by atoms with Gasteiger partial charge in [-0.3, -0.25) is 9.79 Å². The topological polar surface area (TPSA) is 84.0 Å². The highest BCUT2D eigenvalue weighted by molar-refractivity contribution is 14.0. The number of anilines is 1. The van der Waals surface area contributed by atoms with E-state index in [1.54, 1.807) is 14.2 Å². The molecule has 1 atom stereocenters. The van der Waals surface area contributed by atoms with Crippen LogP contribution in [0.2, 0.25) is 0 Å². The third kappa shape index (κ3) is 10.00. The maximum Gasteiger partial charge on any atom is 0.227 e. The highest BCUT2D eigenvalue weighted by Gasteiger charge is 2.11. The van der Waals surface area contributed by atoms with Crippen LogP contribution in [0, 0.1) is 12.8 Å². The first kappa shape index (κ1) is 28.7. The second kappa shape index (κ2) is 15.5. The Morgan fingerprint density at radius 1 is 1.09 bits per heavy atom. The van der Waals surface area contributed by atoms with Crippen molar-refractivity contribution in [2.45, 2.75) is 40.3 Å². The van der Waals surface area contributed by atoms with Crippen LogP contribution < -0.4 is 20.7 Å². The molecule has 182 valence electrons. The van der Waals surface area contributed by atoms with E-state index in [4.69, 9.17) is 9.47 Å². The van der Waals surface area contributed by atoms with E-state index >= 15 is 0 Å². The normalized spacial score (nSPS) is 11.8. The standard InChI is InChI=1S/C25H36N4O3.HI/c1-6-19(3)24(30)29-22-9-7-8-20(15-22)16-27-25(26-4)28-17-21-11-10-18(2)14-23(21)32-13-12-31-5;/h7-11,14-15,19H,6,12-13,16-17H2,1-5H3,(H,29,30)(H2,26,27,28);1H. The molecule has 8 heteroatoms. The van der Waals surface area contributed by atoms with E-state index < -0.39 is 0 Å². The van der Waals surface area contributed by atoms with Gasteiger partial charge in [0.25, 0.3) is 0 Å². The number of nitrogens with one attached hydrogen (secondary N) is 3. The van der Waals surface area contributed by atoms with Crippen molar-refractivity contribution < 1.29 is 14.3 Å². The molecule has 2 aromatic carbocycles. The van der Waals surface area contributed by atoms with E-state index in [-0.39, 0.29) is 35.8 Å². The van der Waals surface area contributed by atoms with Gasteiger partial charge in [-0.25, -0.2) is 0 Å². The maximum absolute atomic E-state index is 12.1. The lowest BCUT2D eigenvalue weighted by atomic mass is 10.1. The number of rotatable bonds is 11. The highest BCUT2D eigenvalue weighted by atomic mass is 127. The summed E-state index contributed by atoms with van der Waals surface area (Å²) in [5, 5.41) is 9.63. The lowest BCUT2D eigenvalue weighted by molar-refractivity contribution is -0.119. The van der Waals surface area contributed by atoms with E-state index in [9.17, 15) is 4.79 Å². The third-order valence-electron chi connectivity index (χ3n) is 5.15. The molecule has 2 aromatic rings. The van der Waals surface area contributed by atoms with Gasteiger partial charge < -0.3 is 25.4 Å². The molecule has 0 heterocycles. The molecule has 7 nitrogen and oxygen atoms in total. The number of guanidine groups is 1. The Bertz CT molecular complexity index is 905. The maximum atomic E-state index is 12.1. The summed E-state index contributed by atoms with van der Waals surface area (Å²) in [5.74, 6) is 1.55. The molecular weight excluding hydrogens is 531 g/mol. The number of hydrogen-bond donors (Lipinski definition) is 3. The largest absolute Gasteiger partial charge is 0.491 e. The molecule has 0 aliphatic heterocycles. The second-order valence-electron chi connectivity index (χ2n) is 7.73. The van der Waals surface area contributed by atoms with Gasteiger partial charge in [0.1, 0.15) is 12.4 Å². The molecule has 0 aliphatic carbocycles. The van der Waals surface area contributed by atoms with E-state index in [2.05, 4.69) is 33.1 Å².